The summed E-state index contributed by atoms with van der Waals surface area (Å²) < 4.78 is 0. The Morgan fingerprint density at radius 3 is 3.00 bits per heavy atom. The molecule has 48 valence electrons. The summed E-state index contributed by atoms with van der Waals surface area (Å²) in [5.74, 6) is 0. The Bertz CT molecular complexity index is 207. The Morgan fingerprint density at radius 1 is 1.78 bits per heavy atom. The van der Waals surface area contributed by atoms with Gasteiger partial charge in [0.25, 0.3) is 0 Å². The van der Waals surface area contributed by atoms with Gasteiger partial charge in [-0.15, -0.1) is 11.3 Å². The molecule has 1 heterocycles. The van der Waals surface area contributed by atoms with Gasteiger partial charge in [-0.2, -0.15) is 0 Å². The third kappa shape index (κ3) is 1.43. The number of halogens is 1. The summed E-state index contributed by atoms with van der Waals surface area (Å²) in [6.07, 6.45) is 0. The molecule has 9 heavy (non-hydrogen) atoms. The summed E-state index contributed by atoms with van der Waals surface area (Å²) in [7, 11) is 0. The van der Waals surface area contributed by atoms with E-state index in [1.54, 1.807) is 6.07 Å². The van der Waals surface area contributed by atoms with Crippen LogP contribution in [-0.2, 0) is 0 Å². The Kier molecular flexibility index (Phi) is 2.08. The van der Waals surface area contributed by atoms with Crippen LogP contribution in [0.15, 0.2) is 22.7 Å². The fourth-order valence-corrected chi connectivity index (χ4v) is 1.24. The van der Waals surface area contributed by atoms with Crippen molar-refractivity contribution in [3.8, 4) is 0 Å². The molecule has 0 radical (unpaired) electrons. The lowest BCUT2D eigenvalue weighted by Gasteiger charge is -1.84. The molecule has 0 aromatic carbocycles. The van der Waals surface area contributed by atoms with E-state index in [0.29, 0.717) is 0 Å². The second-order valence-corrected chi connectivity index (χ2v) is 2.67. The normalized spacial score (nSPS) is 11.9. The van der Waals surface area contributed by atoms with E-state index in [1.807, 2.05) is 11.4 Å². The maximum atomic E-state index is 8.17. The van der Waals surface area contributed by atoms with Gasteiger partial charge in [0.1, 0.15) is 0 Å². The summed E-state index contributed by atoms with van der Waals surface area (Å²) in [6, 6.07) is 3.63. The van der Waals surface area contributed by atoms with Crippen molar-refractivity contribution in [3.05, 3.63) is 22.4 Å². The van der Waals surface area contributed by atoms with Gasteiger partial charge < -0.3 is 5.21 Å². The number of thiophene rings is 1. The van der Waals surface area contributed by atoms with Crippen molar-refractivity contribution in [2.45, 2.75) is 0 Å². The molecule has 1 rings (SSSR count). The van der Waals surface area contributed by atoms with Gasteiger partial charge in [0, 0.05) is 0 Å². The lowest BCUT2D eigenvalue weighted by atomic mass is 10.5. The molecule has 2 nitrogen and oxygen atoms in total. The van der Waals surface area contributed by atoms with Crippen LogP contribution in [0.5, 0.6) is 0 Å². The Balaban J connectivity index is 2.90. The summed E-state index contributed by atoms with van der Waals surface area (Å²) >= 11 is 6.88. The van der Waals surface area contributed by atoms with Gasteiger partial charge >= 0.3 is 0 Å². The highest BCUT2D eigenvalue weighted by Crippen LogP contribution is 2.11. The highest BCUT2D eigenvalue weighted by Gasteiger charge is 1.98. The number of nitrogens with zero attached hydrogens (tertiary/aromatic N) is 1. The summed E-state index contributed by atoms with van der Waals surface area (Å²) in [6.45, 7) is 0. The molecule has 0 atom stereocenters. The van der Waals surface area contributed by atoms with Crippen molar-refractivity contribution in [2.24, 2.45) is 5.16 Å². The summed E-state index contributed by atoms with van der Waals surface area (Å²) in [5, 5.41) is 13.0. The maximum absolute atomic E-state index is 8.17. The van der Waals surface area contributed by atoms with E-state index in [9.17, 15) is 0 Å². The molecule has 0 aliphatic carbocycles. The molecule has 1 N–H and O–H groups in total. The first kappa shape index (κ1) is 6.58. The lowest BCUT2D eigenvalue weighted by Crippen LogP contribution is -1.83. The smallest absolute Gasteiger partial charge is 0.185 e. The Hall–Kier alpha value is -0.540. The lowest BCUT2D eigenvalue weighted by molar-refractivity contribution is 0.321. The molecule has 0 unspecified atom stereocenters. The second kappa shape index (κ2) is 2.85. The topological polar surface area (TPSA) is 32.6 Å². The molecule has 0 aliphatic rings. The average Bonchev–Trinajstić information content (AvgIpc) is 2.37. The van der Waals surface area contributed by atoms with Gasteiger partial charge in [-0.25, -0.2) is 0 Å². The Labute approximate surface area is 61.4 Å². The monoisotopic (exact) mass is 161 g/mol. The van der Waals surface area contributed by atoms with E-state index >= 15 is 0 Å². The number of rotatable bonds is 1. The number of hydrogen-bond acceptors (Lipinski definition) is 3. The van der Waals surface area contributed by atoms with E-state index in [-0.39, 0.29) is 5.17 Å². The van der Waals surface area contributed by atoms with E-state index in [0.717, 1.165) is 4.88 Å². The minimum atomic E-state index is 0.144. The predicted molar refractivity (Wildman–Crippen MR) is 38.5 cm³/mol. The minimum Gasteiger partial charge on any atom is -0.410 e. The second-order valence-electron chi connectivity index (χ2n) is 1.37. The first-order valence-electron chi connectivity index (χ1n) is 2.26. The Morgan fingerprint density at radius 2 is 2.56 bits per heavy atom. The molecule has 0 spiro atoms. The zero-order chi connectivity index (χ0) is 6.69. The molecule has 4 heteroatoms. The van der Waals surface area contributed by atoms with Crippen LogP contribution < -0.4 is 0 Å². The van der Waals surface area contributed by atoms with Gasteiger partial charge in [-0.3, -0.25) is 0 Å². The largest absolute Gasteiger partial charge is 0.410 e. The number of oxime groups is 1. The first-order chi connectivity index (χ1) is 4.34. The van der Waals surface area contributed by atoms with Crippen molar-refractivity contribution in [1.29, 1.82) is 0 Å². The van der Waals surface area contributed by atoms with E-state index in [1.165, 1.54) is 11.3 Å². The van der Waals surface area contributed by atoms with Crippen LogP contribution in [-0.4, -0.2) is 10.4 Å². The molecule has 0 bridgehead atoms. The van der Waals surface area contributed by atoms with Crippen LogP contribution in [0, 0.1) is 0 Å². The molecule has 0 fully saturated rings. The van der Waals surface area contributed by atoms with Gasteiger partial charge in [0.2, 0.25) is 0 Å². The molecule has 1 aromatic rings. The van der Waals surface area contributed by atoms with E-state index in [4.69, 9.17) is 16.8 Å². The standard InChI is InChI=1S/C5H4ClNOS/c6-5(7-8)4-2-1-3-9-4/h1-3,8H/b7-5+. The summed E-state index contributed by atoms with van der Waals surface area (Å²) in [4.78, 5) is 0.777. The molecule has 1 aromatic heterocycles. The average molecular weight is 162 g/mol. The molecule has 0 aliphatic heterocycles. The van der Waals surface area contributed by atoms with Crippen molar-refractivity contribution < 1.29 is 5.21 Å². The van der Waals surface area contributed by atoms with Gasteiger partial charge in [-0.05, 0) is 11.4 Å². The van der Waals surface area contributed by atoms with Crippen LogP contribution in [0.25, 0.3) is 0 Å². The highest BCUT2D eigenvalue weighted by atomic mass is 35.5. The zero-order valence-electron chi connectivity index (χ0n) is 4.41. The third-order valence-corrected chi connectivity index (χ3v) is 2.08. The SMILES string of the molecule is O/N=C(/Cl)c1cccs1. The van der Waals surface area contributed by atoms with Crippen LogP contribution in [0.4, 0.5) is 0 Å². The fraction of sp³-hybridized carbons (Fsp3) is 0. The molecule has 0 amide bonds. The van der Waals surface area contributed by atoms with Crippen molar-refractivity contribution in [1.82, 2.24) is 0 Å². The van der Waals surface area contributed by atoms with Crippen LogP contribution >= 0.6 is 22.9 Å². The van der Waals surface area contributed by atoms with Crippen LogP contribution in [0.2, 0.25) is 0 Å². The van der Waals surface area contributed by atoms with E-state index in [2.05, 4.69) is 5.16 Å². The minimum absolute atomic E-state index is 0.144. The van der Waals surface area contributed by atoms with Crippen LogP contribution in [0.1, 0.15) is 4.88 Å². The first-order valence-corrected chi connectivity index (χ1v) is 3.52. The molecule has 0 saturated carbocycles. The molecular weight excluding hydrogens is 158 g/mol. The predicted octanol–water partition coefficient (Wildman–Crippen LogP) is 2.12. The highest BCUT2D eigenvalue weighted by molar-refractivity contribution is 7.14. The van der Waals surface area contributed by atoms with E-state index < -0.39 is 0 Å². The quantitative estimate of drug-likeness (QED) is 0.382. The zero-order valence-corrected chi connectivity index (χ0v) is 5.99. The van der Waals surface area contributed by atoms with Crippen molar-refractivity contribution in [3.63, 3.8) is 0 Å². The fourth-order valence-electron chi connectivity index (χ4n) is 0.445. The van der Waals surface area contributed by atoms with Crippen molar-refractivity contribution in [2.75, 3.05) is 0 Å². The summed E-state index contributed by atoms with van der Waals surface area (Å²) in [5.41, 5.74) is 0. The third-order valence-electron chi connectivity index (χ3n) is 0.812. The maximum Gasteiger partial charge on any atom is 0.185 e. The number of hydrogen-bond donors (Lipinski definition) is 1. The van der Waals surface area contributed by atoms with Crippen molar-refractivity contribution >= 4 is 28.1 Å². The molecule has 0 saturated heterocycles. The molecular formula is C5H4ClNOS. The van der Waals surface area contributed by atoms with Gasteiger partial charge in [0.05, 0.1) is 4.88 Å². The van der Waals surface area contributed by atoms with Crippen LogP contribution in [0.3, 0.4) is 0 Å². The van der Waals surface area contributed by atoms with Gasteiger partial charge in [0.15, 0.2) is 5.17 Å². The van der Waals surface area contributed by atoms with Gasteiger partial charge in [-0.1, -0.05) is 22.8 Å².